The highest BCUT2D eigenvalue weighted by molar-refractivity contribution is 6.31. The number of halogens is 1. The molecule has 2 aromatic heterocycles. The maximum atomic E-state index is 13.4. The number of aromatic nitrogens is 3. The first-order chi connectivity index (χ1) is 27.3. The van der Waals surface area contributed by atoms with E-state index in [0.29, 0.717) is 41.3 Å². The number of imide groups is 1. The van der Waals surface area contributed by atoms with E-state index in [1.165, 1.54) is 0 Å². The molecular formula is C43H50ClN9O4. The number of carbonyl (C=O) groups excluding carboxylic acids is 3. The van der Waals surface area contributed by atoms with E-state index in [1.807, 2.05) is 18.2 Å². The third-order valence-corrected chi connectivity index (χ3v) is 13.1. The van der Waals surface area contributed by atoms with Crippen molar-refractivity contribution in [1.82, 2.24) is 30.3 Å². The number of benzene rings is 2. The highest BCUT2D eigenvalue weighted by atomic mass is 35.5. The molecule has 2 aromatic carbocycles. The van der Waals surface area contributed by atoms with E-state index in [9.17, 15) is 19.6 Å². The molecule has 0 unspecified atom stereocenters. The van der Waals surface area contributed by atoms with Gasteiger partial charge in [0, 0.05) is 86.3 Å². The molecule has 2 N–H and O–H groups in total. The molecule has 4 fully saturated rings. The first-order valence-electron chi connectivity index (χ1n) is 20.0. The van der Waals surface area contributed by atoms with Gasteiger partial charge in [-0.2, -0.15) is 5.26 Å². The van der Waals surface area contributed by atoms with Crippen LogP contribution in [0.4, 0.5) is 16.3 Å². The first kappa shape index (κ1) is 38.7. The smallest absolute Gasteiger partial charge is 0.328 e. The number of amides is 4. The Hall–Kier alpha value is -5.19. The molecule has 0 spiro atoms. The molecule has 14 heteroatoms. The minimum absolute atomic E-state index is 0.171. The van der Waals surface area contributed by atoms with E-state index in [0.717, 1.165) is 80.8 Å². The summed E-state index contributed by atoms with van der Waals surface area (Å²) in [6.07, 6.45) is 6.55. The van der Waals surface area contributed by atoms with E-state index in [4.69, 9.17) is 16.3 Å². The van der Waals surface area contributed by atoms with Crippen molar-refractivity contribution in [1.29, 1.82) is 5.26 Å². The number of carbonyl (C=O) groups is 3. The van der Waals surface area contributed by atoms with E-state index in [-0.39, 0.29) is 46.5 Å². The zero-order chi connectivity index (χ0) is 40.1. The maximum Gasteiger partial charge on any atom is 0.328 e. The van der Waals surface area contributed by atoms with Crippen LogP contribution in [0.25, 0.3) is 10.9 Å². The summed E-state index contributed by atoms with van der Waals surface area (Å²) < 4.78 is 8.74. The van der Waals surface area contributed by atoms with Gasteiger partial charge in [-0.1, -0.05) is 45.4 Å². The summed E-state index contributed by atoms with van der Waals surface area (Å²) in [5.74, 6) is 1.51. The lowest BCUT2D eigenvalue weighted by atomic mass is 9.49. The molecule has 13 nitrogen and oxygen atoms in total. The topological polar surface area (TPSA) is 149 Å². The van der Waals surface area contributed by atoms with Crippen LogP contribution in [0.3, 0.4) is 0 Å². The van der Waals surface area contributed by atoms with Gasteiger partial charge in [-0.05, 0) is 74.1 Å². The van der Waals surface area contributed by atoms with E-state index >= 15 is 0 Å². The van der Waals surface area contributed by atoms with E-state index in [2.05, 4.69) is 87.3 Å². The molecule has 298 valence electrons. The molecule has 0 bridgehead atoms. The second kappa shape index (κ2) is 15.3. The van der Waals surface area contributed by atoms with Crippen molar-refractivity contribution >= 4 is 51.9 Å². The molecule has 3 aliphatic heterocycles. The number of hydrogen-bond acceptors (Lipinski definition) is 9. The quantitative estimate of drug-likeness (QED) is 0.192. The molecule has 0 radical (unpaired) electrons. The molecule has 8 rings (SSSR count). The van der Waals surface area contributed by atoms with Crippen molar-refractivity contribution < 1.29 is 19.1 Å². The number of nitrogens with zero attached hydrogens (tertiary/aromatic N) is 7. The average molecular weight is 792 g/mol. The summed E-state index contributed by atoms with van der Waals surface area (Å²) in [6, 6.07) is 18.9. The van der Waals surface area contributed by atoms with Gasteiger partial charge in [0.05, 0.1) is 21.8 Å². The molecule has 0 atom stereocenters. The number of rotatable bonds is 9. The standard InChI is InChI=1S/C43H50ClN9O4/c1-42(2)39(43(3,4)40(42)57-30-9-8-28(25-45)32(44)24-30)47-38(55)33-10-11-36(49-48-33)51-20-12-27(13-21-51)26-50-18-14-29(15-19-50)52-22-16-31-34(52)6-5-7-35(31)53-23-17-37(54)46-41(53)56/h5-11,16,22,24,27,29,39-40H,12-15,17-21,23,26H2,1-4H3,(H,47,55)(H,46,54,56). The molecule has 1 saturated carbocycles. The minimum Gasteiger partial charge on any atom is -0.489 e. The van der Waals surface area contributed by atoms with Gasteiger partial charge in [0.1, 0.15) is 17.9 Å². The van der Waals surface area contributed by atoms with Crippen LogP contribution in [-0.4, -0.2) is 88.9 Å². The van der Waals surface area contributed by atoms with Crippen LogP contribution < -0.4 is 25.2 Å². The Morgan fingerprint density at radius 1 is 0.965 bits per heavy atom. The fourth-order valence-electron chi connectivity index (χ4n) is 10.0. The van der Waals surface area contributed by atoms with Crippen molar-refractivity contribution in [3.05, 3.63) is 77.1 Å². The van der Waals surface area contributed by atoms with Gasteiger partial charge in [-0.25, -0.2) is 4.79 Å². The van der Waals surface area contributed by atoms with Crippen LogP contribution in [0.5, 0.6) is 5.75 Å². The SMILES string of the molecule is CC1(C)C(NC(=O)c2ccc(N3CCC(CN4CCC(n5ccc6c(N7CCC(=O)NC7=O)cccc65)CC4)CC3)nn2)C(C)(C)C1Oc1ccc(C#N)c(Cl)c1. The summed E-state index contributed by atoms with van der Waals surface area (Å²) in [5, 5.41) is 25.1. The summed E-state index contributed by atoms with van der Waals surface area (Å²) in [6.45, 7) is 13.7. The van der Waals surface area contributed by atoms with Gasteiger partial charge < -0.3 is 24.4 Å². The van der Waals surface area contributed by atoms with E-state index in [1.54, 1.807) is 29.2 Å². The average Bonchev–Trinajstić information content (AvgIpc) is 3.64. The fraction of sp³-hybridized carbons (Fsp3) is 0.488. The molecule has 5 heterocycles. The Kier molecular flexibility index (Phi) is 10.4. The third kappa shape index (κ3) is 7.41. The monoisotopic (exact) mass is 791 g/mol. The highest BCUT2D eigenvalue weighted by Crippen LogP contribution is 2.55. The Balaban J connectivity index is 0.800. The largest absolute Gasteiger partial charge is 0.489 e. The Morgan fingerprint density at radius 3 is 2.39 bits per heavy atom. The number of anilines is 2. The number of urea groups is 1. The molecular weight excluding hydrogens is 742 g/mol. The molecule has 57 heavy (non-hydrogen) atoms. The normalized spacial score (nSPS) is 22.8. The van der Waals surface area contributed by atoms with Crippen molar-refractivity contribution in [2.24, 2.45) is 16.7 Å². The molecule has 3 saturated heterocycles. The van der Waals surface area contributed by atoms with Crippen LogP contribution in [-0.2, 0) is 4.79 Å². The molecule has 1 aliphatic carbocycles. The summed E-state index contributed by atoms with van der Waals surface area (Å²) >= 11 is 6.25. The third-order valence-electron chi connectivity index (χ3n) is 12.8. The zero-order valence-electron chi connectivity index (χ0n) is 33.0. The van der Waals surface area contributed by atoms with Crippen molar-refractivity contribution in [2.75, 3.05) is 49.1 Å². The van der Waals surface area contributed by atoms with Crippen molar-refractivity contribution in [3.8, 4) is 11.8 Å². The second-order valence-electron chi connectivity index (χ2n) is 17.2. The Labute approximate surface area is 338 Å². The Bertz CT molecular complexity index is 2200. The summed E-state index contributed by atoms with van der Waals surface area (Å²) in [7, 11) is 0. The molecule has 4 aliphatic rings. The zero-order valence-corrected chi connectivity index (χ0v) is 33.8. The lowest BCUT2D eigenvalue weighted by Gasteiger charge is -2.63. The van der Waals surface area contributed by atoms with Crippen LogP contribution in [0, 0.1) is 28.1 Å². The molecule has 4 amide bonds. The number of fused-ring (bicyclic) bond motifs is 1. The number of nitrogens with one attached hydrogen (secondary N) is 2. The predicted molar refractivity (Wildman–Crippen MR) is 219 cm³/mol. The van der Waals surface area contributed by atoms with Gasteiger partial charge in [0.15, 0.2) is 11.5 Å². The van der Waals surface area contributed by atoms with Gasteiger partial charge in [0.2, 0.25) is 5.91 Å². The van der Waals surface area contributed by atoms with Crippen molar-refractivity contribution in [3.63, 3.8) is 0 Å². The maximum absolute atomic E-state index is 13.4. The van der Waals surface area contributed by atoms with Crippen LogP contribution in [0.15, 0.2) is 60.8 Å². The Morgan fingerprint density at radius 2 is 1.72 bits per heavy atom. The first-order valence-corrected chi connectivity index (χ1v) is 20.4. The molecule has 4 aromatic rings. The van der Waals surface area contributed by atoms with Crippen molar-refractivity contribution in [2.45, 2.75) is 78.0 Å². The van der Waals surface area contributed by atoms with Crippen LogP contribution >= 0.6 is 11.6 Å². The number of hydrogen-bond donors (Lipinski definition) is 2. The van der Waals surface area contributed by atoms with E-state index < -0.39 is 0 Å². The van der Waals surface area contributed by atoms with Gasteiger partial charge in [0.25, 0.3) is 5.91 Å². The fourth-order valence-corrected chi connectivity index (χ4v) is 10.2. The number of nitriles is 1. The van der Waals surface area contributed by atoms with Crippen LogP contribution in [0.2, 0.25) is 5.02 Å². The summed E-state index contributed by atoms with van der Waals surface area (Å²) in [5.41, 5.74) is 1.89. The van der Waals surface area contributed by atoms with Gasteiger partial charge in [-0.3, -0.25) is 19.8 Å². The number of likely N-dealkylation sites (tertiary alicyclic amines) is 1. The minimum atomic E-state index is -0.380. The van der Waals surface area contributed by atoms with Crippen LogP contribution in [0.1, 0.15) is 81.9 Å². The summed E-state index contributed by atoms with van der Waals surface area (Å²) in [4.78, 5) is 44.2. The predicted octanol–water partition coefficient (Wildman–Crippen LogP) is 6.57. The van der Waals surface area contributed by atoms with Gasteiger partial charge >= 0.3 is 6.03 Å². The second-order valence-corrected chi connectivity index (χ2v) is 17.6. The lowest BCUT2D eigenvalue weighted by Crippen LogP contribution is -2.74. The number of piperidine rings is 2. The highest BCUT2D eigenvalue weighted by Gasteiger charge is 2.64. The van der Waals surface area contributed by atoms with Gasteiger partial charge in [-0.15, -0.1) is 10.2 Å². The lowest BCUT2D eigenvalue weighted by molar-refractivity contribution is -0.164. The number of ether oxygens (including phenoxy) is 1.